The molecule has 2 rings (SSSR count). The summed E-state index contributed by atoms with van der Waals surface area (Å²) in [6, 6.07) is 3.48. The van der Waals surface area contributed by atoms with Crippen molar-refractivity contribution in [2.75, 3.05) is 0 Å². The van der Waals surface area contributed by atoms with E-state index >= 15 is 0 Å². The van der Waals surface area contributed by atoms with Crippen molar-refractivity contribution in [1.82, 2.24) is 9.97 Å². The number of aromatic amines is 1. The van der Waals surface area contributed by atoms with Crippen LogP contribution in [0.2, 0.25) is 5.02 Å². The van der Waals surface area contributed by atoms with Gasteiger partial charge in [-0.25, -0.2) is 4.98 Å². The number of halogens is 2. The zero-order valence-corrected chi connectivity index (χ0v) is 9.61. The summed E-state index contributed by atoms with van der Waals surface area (Å²) in [7, 11) is 0. The molecule has 0 saturated heterocycles. The SMILES string of the molecule is CC(=O)c1nc2c(Br)cc(Cl)cc2[nH]1. The molecule has 0 aliphatic rings. The zero-order valence-electron chi connectivity index (χ0n) is 7.27. The lowest BCUT2D eigenvalue weighted by atomic mass is 10.3. The fraction of sp³-hybridized carbons (Fsp3) is 0.111. The van der Waals surface area contributed by atoms with Crippen molar-refractivity contribution in [3.05, 3.63) is 27.5 Å². The van der Waals surface area contributed by atoms with Gasteiger partial charge in [-0.2, -0.15) is 0 Å². The molecular formula is C9H6BrClN2O. The molecular weight excluding hydrogens is 267 g/mol. The fourth-order valence-corrected chi connectivity index (χ4v) is 2.11. The molecule has 0 aliphatic heterocycles. The monoisotopic (exact) mass is 272 g/mol. The van der Waals surface area contributed by atoms with Crippen LogP contribution >= 0.6 is 27.5 Å². The number of imidazole rings is 1. The normalized spacial score (nSPS) is 10.8. The van der Waals surface area contributed by atoms with E-state index in [1.807, 2.05) is 0 Å². The number of hydrogen-bond donors (Lipinski definition) is 1. The topological polar surface area (TPSA) is 45.8 Å². The number of hydrogen-bond acceptors (Lipinski definition) is 2. The minimum absolute atomic E-state index is 0.0933. The zero-order chi connectivity index (χ0) is 10.3. The van der Waals surface area contributed by atoms with Crippen LogP contribution in [-0.2, 0) is 0 Å². The van der Waals surface area contributed by atoms with Gasteiger partial charge in [-0.1, -0.05) is 11.6 Å². The molecule has 0 fully saturated rings. The number of nitrogens with one attached hydrogen (secondary N) is 1. The number of rotatable bonds is 1. The van der Waals surface area contributed by atoms with Gasteiger partial charge in [0.1, 0.15) is 5.52 Å². The highest BCUT2D eigenvalue weighted by Gasteiger charge is 2.09. The molecule has 1 aromatic carbocycles. The van der Waals surface area contributed by atoms with E-state index in [1.165, 1.54) is 6.92 Å². The highest BCUT2D eigenvalue weighted by atomic mass is 79.9. The minimum atomic E-state index is -0.0933. The summed E-state index contributed by atoms with van der Waals surface area (Å²) in [5.74, 6) is 0.257. The molecule has 0 unspecified atom stereocenters. The van der Waals surface area contributed by atoms with Crippen LogP contribution in [0.3, 0.4) is 0 Å². The van der Waals surface area contributed by atoms with Gasteiger partial charge in [0.15, 0.2) is 11.6 Å². The lowest BCUT2D eigenvalue weighted by molar-refractivity contribution is 0.100. The number of aromatic nitrogens is 2. The first-order chi connectivity index (χ1) is 6.58. The van der Waals surface area contributed by atoms with Crippen molar-refractivity contribution in [2.45, 2.75) is 6.92 Å². The number of carbonyl (C=O) groups is 1. The number of nitrogens with zero attached hydrogens (tertiary/aromatic N) is 1. The third kappa shape index (κ3) is 1.55. The smallest absolute Gasteiger partial charge is 0.195 e. The number of H-pyrrole nitrogens is 1. The van der Waals surface area contributed by atoms with Crippen molar-refractivity contribution in [1.29, 1.82) is 0 Å². The Morgan fingerprint density at radius 2 is 2.29 bits per heavy atom. The molecule has 5 heteroatoms. The van der Waals surface area contributed by atoms with Crippen molar-refractivity contribution in [3.8, 4) is 0 Å². The van der Waals surface area contributed by atoms with E-state index in [4.69, 9.17) is 11.6 Å². The summed E-state index contributed by atoms with van der Waals surface area (Å²) in [4.78, 5) is 18.1. The number of Topliss-reactive ketones (excluding diaryl/α,β-unsaturated/α-hetero) is 1. The molecule has 0 spiro atoms. The van der Waals surface area contributed by atoms with Crippen LogP contribution in [0.15, 0.2) is 16.6 Å². The van der Waals surface area contributed by atoms with E-state index in [-0.39, 0.29) is 5.78 Å². The van der Waals surface area contributed by atoms with Crippen LogP contribution in [-0.4, -0.2) is 15.8 Å². The second-order valence-electron chi connectivity index (χ2n) is 2.93. The third-order valence-corrected chi connectivity index (χ3v) is 2.66. The fourth-order valence-electron chi connectivity index (χ4n) is 1.21. The first-order valence-corrected chi connectivity index (χ1v) is 5.10. The Labute approximate surface area is 93.6 Å². The van der Waals surface area contributed by atoms with Gasteiger partial charge in [0.05, 0.1) is 5.52 Å². The van der Waals surface area contributed by atoms with Gasteiger partial charge in [-0.05, 0) is 28.1 Å². The Morgan fingerprint density at radius 3 is 2.93 bits per heavy atom. The van der Waals surface area contributed by atoms with Crippen LogP contribution in [0.1, 0.15) is 17.5 Å². The molecule has 1 aromatic heterocycles. The van der Waals surface area contributed by atoms with E-state index in [0.29, 0.717) is 10.8 Å². The van der Waals surface area contributed by atoms with E-state index in [1.54, 1.807) is 12.1 Å². The average molecular weight is 274 g/mol. The van der Waals surface area contributed by atoms with Crippen LogP contribution in [0, 0.1) is 0 Å². The Kier molecular flexibility index (Phi) is 2.33. The first-order valence-electron chi connectivity index (χ1n) is 3.93. The summed E-state index contributed by atoms with van der Waals surface area (Å²) in [5.41, 5.74) is 1.48. The van der Waals surface area contributed by atoms with E-state index in [0.717, 1.165) is 15.5 Å². The standard InChI is InChI=1S/C9H6BrClN2O/c1-4(14)9-12-7-3-5(11)2-6(10)8(7)13-9/h2-3H,1H3,(H,12,13). The molecule has 3 nitrogen and oxygen atoms in total. The van der Waals surface area contributed by atoms with Crippen LogP contribution in [0.5, 0.6) is 0 Å². The molecule has 0 amide bonds. The maximum absolute atomic E-state index is 11.1. The molecule has 72 valence electrons. The predicted molar refractivity (Wildman–Crippen MR) is 58.8 cm³/mol. The lowest BCUT2D eigenvalue weighted by Crippen LogP contribution is -1.93. The summed E-state index contributed by atoms with van der Waals surface area (Å²) < 4.78 is 0.781. The molecule has 0 atom stereocenters. The number of fused-ring (bicyclic) bond motifs is 1. The molecule has 1 heterocycles. The van der Waals surface area contributed by atoms with Crippen molar-refractivity contribution in [2.24, 2.45) is 0 Å². The Morgan fingerprint density at radius 1 is 1.57 bits per heavy atom. The predicted octanol–water partition coefficient (Wildman–Crippen LogP) is 3.18. The number of benzene rings is 1. The maximum Gasteiger partial charge on any atom is 0.195 e. The molecule has 0 saturated carbocycles. The van der Waals surface area contributed by atoms with Crippen LogP contribution in [0.25, 0.3) is 11.0 Å². The van der Waals surface area contributed by atoms with Gasteiger partial charge in [-0.3, -0.25) is 4.79 Å². The molecule has 0 radical (unpaired) electrons. The summed E-state index contributed by atoms with van der Waals surface area (Å²) in [5, 5.41) is 0.600. The highest BCUT2D eigenvalue weighted by Crippen LogP contribution is 2.26. The lowest BCUT2D eigenvalue weighted by Gasteiger charge is -1.92. The summed E-state index contributed by atoms with van der Waals surface area (Å²) in [6.07, 6.45) is 0. The van der Waals surface area contributed by atoms with Gasteiger partial charge >= 0.3 is 0 Å². The third-order valence-electron chi connectivity index (χ3n) is 1.84. The van der Waals surface area contributed by atoms with Crippen molar-refractivity contribution >= 4 is 44.3 Å². The first kappa shape index (κ1) is 9.68. The van der Waals surface area contributed by atoms with Gasteiger partial charge in [0.25, 0.3) is 0 Å². The van der Waals surface area contributed by atoms with Gasteiger partial charge in [0.2, 0.25) is 0 Å². The second kappa shape index (κ2) is 3.37. The van der Waals surface area contributed by atoms with E-state index in [9.17, 15) is 4.79 Å². The second-order valence-corrected chi connectivity index (χ2v) is 4.22. The number of ketones is 1. The largest absolute Gasteiger partial charge is 0.335 e. The average Bonchev–Trinajstić information content (AvgIpc) is 2.47. The molecule has 0 aliphatic carbocycles. The number of carbonyl (C=O) groups excluding carboxylic acids is 1. The van der Waals surface area contributed by atoms with E-state index < -0.39 is 0 Å². The Balaban J connectivity index is 2.76. The quantitative estimate of drug-likeness (QED) is 0.811. The highest BCUT2D eigenvalue weighted by molar-refractivity contribution is 9.10. The van der Waals surface area contributed by atoms with E-state index in [2.05, 4.69) is 25.9 Å². The van der Waals surface area contributed by atoms with Gasteiger partial charge in [-0.15, -0.1) is 0 Å². The van der Waals surface area contributed by atoms with Gasteiger partial charge in [0, 0.05) is 16.4 Å². The van der Waals surface area contributed by atoms with Crippen molar-refractivity contribution < 1.29 is 4.79 Å². The van der Waals surface area contributed by atoms with Crippen molar-refractivity contribution in [3.63, 3.8) is 0 Å². The van der Waals surface area contributed by atoms with Crippen LogP contribution < -0.4 is 0 Å². The maximum atomic E-state index is 11.1. The molecule has 1 N–H and O–H groups in total. The summed E-state index contributed by atoms with van der Waals surface area (Å²) >= 11 is 9.18. The Bertz CT molecular complexity index is 521. The molecule has 14 heavy (non-hydrogen) atoms. The van der Waals surface area contributed by atoms with Gasteiger partial charge < -0.3 is 4.98 Å². The van der Waals surface area contributed by atoms with Crippen LogP contribution in [0.4, 0.5) is 0 Å². The Hall–Kier alpha value is -0.870. The molecule has 0 bridgehead atoms. The minimum Gasteiger partial charge on any atom is -0.335 e. The summed E-state index contributed by atoms with van der Waals surface area (Å²) in [6.45, 7) is 1.47. The molecule has 2 aromatic rings.